The van der Waals surface area contributed by atoms with E-state index in [0.29, 0.717) is 6.42 Å². The van der Waals surface area contributed by atoms with Gasteiger partial charge in [0.05, 0.1) is 0 Å². The van der Waals surface area contributed by atoms with Crippen LogP contribution in [-0.4, -0.2) is 48.3 Å². The highest BCUT2D eigenvalue weighted by Gasteiger charge is 2.38. The summed E-state index contributed by atoms with van der Waals surface area (Å²) in [5.74, 6) is -0.130. The summed E-state index contributed by atoms with van der Waals surface area (Å²) < 4.78 is 6.34. The van der Waals surface area contributed by atoms with Gasteiger partial charge in [-0.2, -0.15) is 0 Å². The lowest BCUT2D eigenvalue weighted by molar-refractivity contribution is -0.169. The Bertz CT molecular complexity index is 1130. The molecular formula is C62H113NO3. The molecule has 0 fully saturated rings. The molecule has 0 rings (SSSR count). The number of aliphatic hydroxyl groups is 1. The fraction of sp³-hybridized carbons (Fsp3) is 0.790. The first kappa shape index (κ1) is 63.8. The maximum absolute atomic E-state index is 13.3. The van der Waals surface area contributed by atoms with E-state index in [2.05, 4.69) is 113 Å². The molecule has 4 heteroatoms. The molecule has 0 aliphatic heterocycles. The highest BCUT2D eigenvalue weighted by Crippen LogP contribution is 2.32. The summed E-state index contributed by atoms with van der Waals surface area (Å²) in [7, 11) is 4.11. The van der Waals surface area contributed by atoms with E-state index in [9.17, 15) is 9.90 Å². The quantitative estimate of drug-likeness (QED) is 0.0375. The number of allylic oxidation sites excluding steroid dienone is 12. The van der Waals surface area contributed by atoms with E-state index >= 15 is 0 Å². The highest BCUT2D eigenvalue weighted by atomic mass is 16.6. The SMILES string of the molecule is CCCCC/C=C/C/C=C/CCCCCCCCC(OC(=O)CCCN(C)C)C(O)(CCCCCCCC/C=C/C/C=C/CCCCC)CCCCCCCC/C=C/C/C=C/CCCCC. The van der Waals surface area contributed by atoms with Crippen LogP contribution in [-0.2, 0) is 9.53 Å². The van der Waals surface area contributed by atoms with Gasteiger partial charge in [0.15, 0.2) is 0 Å². The Morgan fingerprint density at radius 1 is 0.424 bits per heavy atom. The zero-order valence-electron chi connectivity index (χ0n) is 44.9. The van der Waals surface area contributed by atoms with Crippen LogP contribution in [0.15, 0.2) is 72.9 Å². The molecule has 1 N–H and O–H groups in total. The lowest BCUT2D eigenvalue weighted by Gasteiger charge is -2.36. The Hall–Kier alpha value is -2.17. The molecule has 0 radical (unpaired) electrons. The first-order valence-corrected chi connectivity index (χ1v) is 28.9. The fourth-order valence-electron chi connectivity index (χ4n) is 8.80. The molecule has 4 nitrogen and oxygen atoms in total. The van der Waals surface area contributed by atoms with E-state index in [4.69, 9.17) is 4.74 Å². The summed E-state index contributed by atoms with van der Waals surface area (Å²) in [4.78, 5) is 15.5. The molecule has 0 heterocycles. The third kappa shape index (κ3) is 46.9. The molecule has 0 aromatic heterocycles. The summed E-state index contributed by atoms with van der Waals surface area (Å²) in [5, 5.41) is 12.6. The topological polar surface area (TPSA) is 49.8 Å². The monoisotopic (exact) mass is 920 g/mol. The number of nitrogens with zero attached hydrogens (tertiary/aromatic N) is 1. The van der Waals surface area contributed by atoms with E-state index in [1.54, 1.807) is 0 Å². The molecule has 0 spiro atoms. The second-order valence-corrected chi connectivity index (χ2v) is 20.0. The van der Waals surface area contributed by atoms with Crippen LogP contribution in [0.2, 0.25) is 0 Å². The van der Waals surface area contributed by atoms with Gasteiger partial charge in [0.1, 0.15) is 11.7 Å². The van der Waals surface area contributed by atoms with E-state index < -0.39 is 11.7 Å². The van der Waals surface area contributed by atoms with Crippen molar-refractivity contribution in [2.24, 2.45) is 0 Å². The van der Waals surface area contributed by atoms with Gasteiger partial charge in [-0.25, -0.2) is 0 Å². The molecule has 0 aliphatic carbocycles. The van der Waals surface area contributed by atoms with Crippen molar-refractivity contribution in [3.63, 3.8) is 0 Å². The largest absolute Gasteiger partial charge is 0.459 e. The Kier molecular flexibility index (Phi) is 50.5. The maximum Gasteiger partial charge on any atom is 0.306 e. The van der Waals surface area contributed by atoms with Gasteiger partial charge in [0.25, 0.3) is 0 Å². The minimum atomic E-state index is -0.946. The molecule has 66 heavy (non-hydrogen) atoms. The summed E-state index contributed by atoms with van der Waals surface area (Å²) in [6.07, 6.45) is 74.7. The normalized spacial score (nSPS) is 13.2. The van der Waals surface area contributed by atoms with Gasteiger partial charge >= 0.3 is 5.97 Å². The fourth-order valence-corrected chi connectivity index (χ4v) is 8.80. The van der Waals surface area contributed by atoms with Crippen molar-refractivity contribution < 1.29 is 14.6 Å². The van der Waals surface area contributed by atoms with Crippen LogP contribution in [0.3, 0.4) is 0 Å². The van der Waals surface area contributed by atoms with Crippen LogP contribution in [0.1, 0.15) is 284 Å². The minimum Gasteiger partial charge on any atom is -0.459 e. The number of carbonyl (C=O) groups is 1. The van der Waals surface area contributed by atoms with Crippen LogP contribution in [0.4, 0.5) is 0 Å². The summed E-state index contributed by atoms with van der Waals surface area (Å²) in [5.41, 5.74) is -0.946. The lowest BCUT2D eigenvalue weighted by Crippen LogP contribution is -2.45. The number of ether oxygens (including phenoxy) is 1. The van der Waals surface area contributed by atoms with Gasteiger partial charge in [-0.3, -0.25) is 4.79 Å². The Balaban J connectivity index is 5.12. The van der Waals surface area contributed by atoms with Gasteiger partial charge in [-0.15, -0.1) is 0 Å². The average molecular weight is 921 g/mol. The molecule has 0 saturated carbocycles. The molecule has 1 atom stereocenters. The van der Waals surface area contributed by atoms with Crippen molar-refractivity contribution in [3.8, 4) is 0 Å². The first-order chi connectivity index (χ1) is 32.4. The standard InChI is InChI=1S/C62H113NO3/c1-6-9-12-15-18-21-24-27-30-33-36-39-42-45-48-51-55-60(66-61(64)56-54-59-63(4)5)62(65,57-52-49-46-43-40-37-34-31-28-25-22-19-16-13-10-7-2)58-53-50-47-44-41-38-35-32-29-26-23-20-17-14-11-8-3/h18-23,27-32,60,65H,6-17,24-26,33-59H2,1-5H3/b21-18+,22-19+,23-20+,30-27+,31-28+,32-29+. The zero-order chi connectivity index (χ0) is 48.1. The van der Waals surface area contributed by atoms with Crippen molar-refractivity contribution in [2.75, 3.05) is 20.6 Å². The summed E-state index contributed by atoms with van der Waals surface area (Å²) >= 11 is 0. The van der Waals surface area contributed by atoms with Crippen molar-refractivity contribution in [3.05, 3.63) is 72.9 Å². The van der Waals surface area contributed by atoms with Crippen molar-refractivity contribution in [2.45, 2.75) is 296 Å². The van der Waals surface area contributed by atoms with Gasteiger partial charge in [0, 0.05) is 6.42 Å². The number of rotatable bonds is 51. The second kappa shape index (κ2) is 52.2. The van der Waals surface area contributed by atoms with Crippen LogP contribution >= 0.6 is 0 Å². The summed E-state index contributed by atoms with van der Waals surface area (Å²) in [6, 6.07) is 0. The Morgan fingerprint density at radius 2 is 0.727 bits per heavy atom. The van der Waals surface area contributed by atoms with Crippen LogP contribution in [0.5, 0.6) is 0 Å². The molecule has 0 aliphatic rings. The van der Waals surface area contributed by atoms with Gasteiger partial charge in [-0.1, -0.05) is 222 Å². The molecule has 384 valence electrons. The molecule has 0 aromatic rings. The first-order valence-electron chi connectivity index (χ1n) is 28.9. The third-order valence-electron chi connectivity index (χ3n) is 13.1. The maximum atomic E-state index is 13.3. The van der Waals surface area contributed by atoms with Crippen molar-refractivity contribution in [1.29, 1.82) is 0 Å². The second-order valence-electron chi connectivity index (χ2n) is 20.0. The highest BCUT2D eigenvalue weighted by molar-refractivity contribution is 5.69. The Labute approximate surface area is 413 Å². The zero-order valence-corrected chi connectivity index (χ0v) is 44.9. The van der Waals surface area contributed by atoms with E-state index in [1.165, 1.54) is 173 Å². The van der Waals surface area contributed by atoms with Gasteiger partial charge < -0.3 is 14.7 Å². The predicted octanol–water partition coefficient (Wildman–Crippen LogP) is 19.6. The third-order valence-corrected chi connectivity index (χ3v) is 13.1. The number of hydrogen-bond donors (Lipinski definition) is 1. The van der Waals surface area contributed by atoms with Gasteiger partial charge in [0.2, 0.25) is 0 Å². The smallest absolute Gasteiger partial charge is 0.306 e. The average Bonchev–Trinajstić information content (AvgIpc) is 3.30. The number of hydrogen-bond acceptors (Lipinski definition) is 4. The molecule has 1 unspecified atom stereocenters. The number of esters is 1. The molecule has 0 amide bonds. The predicted molar refractivity (Wildman–Crippen MR) is 295 cm³/mol. The molecule has 0 bridgehead atoms. The van der Waals surface area contributed by atoms with Crippen molar-refractivity contribution in [1.82, 2.24) is 4.90 Å². The van der Waals surface area contributed by atoms with Crippen LogP contribution in [0, 0.1) is 0 Å². The van der Waals surface area contributed by atoms with E-state index in [0.717, 1.165) is 90.0 Å². The minimum absolute atomic E-state index is 0.130. The molecular weight excluding hydrogens is 807 g/mol. The van der Waals surface area contributed by atoms with E-state index in [1.807, 2.05) is 0 Å². The molecule has 0 saturated heterocycles. The Morgan fingerprint density at radius 3 is 1.06 bits per heavy atom. The lowest BCUT2D eigenvalue weighted by atomic mass is 9.82. The summed E-state index contributed by atoms with van der Waals surface area (Å²) in [6.45, 7) is 7.66. The van der Waals surface area contributed by atoms with E-state index in [-0.39, 0.29) is 5.97 Å². The van der Waals surface area contributed by atoms with Crippen LogP contribution in [0.25, 0.3) is 0 Å². The molecule has 0 aromatic carbocycles. The van der Waals surface area contributed by atoms with Crippen LogP contribution < -0.4 is 0 Å². The van der Waals surface area contributed by atoms with Crippen molar-refractivity contribution >= 4 is 5.97 Å². The number of unbranched alkanes of at least 4 members (excludes halogenated alkanes) is 27. The van der Waals surface area contributed by atoms with Gasteiger partial charge in [-0.05, 0) is 149 Å². The number of carbonyl (C=O) groups excluding carboxylic acids is 1.